The van der Waals surface area contributed by atoms with E-state index in [0.717, 1.165) is 51.9 Å². The Morgan fingerprint density at radius 1 is 0.731 bits per heavy atom. The summed E-state index contributed by atoms with van der Waals surface area (Å²) in [6.07, 6.45) is 0.938. The van der Waals surface area contributed by atoms with Crippen LogP contribution in [0.2, 0.25) is 20.1 Å². The molecule has 22 nitrogen and oxygen atoms in total. The smallest absolute Gasteiger partial charge is 0.422 e. The van der Waals surface area contributed by atoms with E-state index in [0.29, 0.717) is 90.4 Å². The summed E-state index contributed by atoms with van der Waals surface area (Å²) >= 11 is 26.1. The van der Waals surface area contributed by atoms with E-state index >= 15 is 0 Å². The quantitative estimate of drug-likeness (QED) is 0.0221. The average molecular weight is 1580 g/mol. The first-order chi connectivity index (χ1) is 44.4. The van der Waals surface area contributed by atoms with Crippen LogP contribution in [0.1, 0.15) is 102 Å². The molecule has 0 saturated heterocycles. The molecule has 7 aromatic rings. The van der Waals surface area contributed by atoms with Crippen LogP contribution in [0, 0.1) is 70.1 Å². The number of ether oxygens (including phenoxy) is 4. The number of carbonyl (C=O) groups is 5. The number of aromatic nitrogens is 2. The Kier molecular flexibility index (Phi) is 29.4. The largest absolute Gasteiger partial charge is 0.473 e. The molecule has 480 valence electrons. The van der Waals surface area contributed by atoms with E-state index in [9.17, 15) is 37.9 Å². The van der Waals surface area contributed by atoms with E-state index < -0.39 is 27.7 Å². The maximum Gasteiger partial charge on any atom is 0.422 e. The monoisotopic (exact) mass is 1580 g/mol. The number of sulfonamides is 1. The molecule has 2 aromatic heterocycles. The Hall–Kier alpha value is -8.24. The molecule has 0 fully saturated rings. The molecule has 29 heteroatoms. The fourth-order valence-electron chi connectivity index (χ4n) is 9.58. The summed E-state index contributed by atoms with van der Waals surface area (Å²) in [5.74, 6) is -1.27. The van der Waals surface area contributed by atoms with Crippen LogP contribution in [0.3, 0.4) is 0 Å². The van der Waals surface area contributed by atoms with E-state index in [-0.39, 0.29) is 92.9 Å². The second-order valence-electron chi connectivity index (χ2n) is 20.3. The fourth-order valence-corrected chi connectivity index (χ4v) is 11.5. The number of fused-ring (bicyclic) bond motifs is 2. The summed E-state index contributed by atoms with van der Waals surface area (Å²) < 4.78 is 52.1. The molecule has 4 heterocycles. The third-order valence-electron chi connectivity index (χ3n) is 13.9. The number of anilines is 1. The van der Waals surface area contributed by atoms with E-state index in [1.54, 1.807) is 21.9 Å². The van der Waals surface area contributed by atoms with Crippen molar-refractivity contribution in [3.63, 3.8) is 0 Å². The zero-order chi connectivity index (χ0) is 68.7. The van der Waals surface area contributed by atoms with Gasteiger partial charge in [-0.25, -0.2) is 23.2 Å². The van der Waals surface area contributed by atoms with Gasteiger partial charge in [0.25, 0.3) is 21.8 Å². The summed E-state index contributed by atoms with van der Waals surface area (Å²) in [6, 6.07) is 33.6. The summed E-state index contributed by atoms with van der Waals surface area (Å²) in [5, 5.41) is 10.7. The molecule has 0 atom stereocenters. The predicted molar refractivity (Wildman–Crippen MR) is 350 cm³/mol. The van der Waals surface area contributed by atoms with Gasteiger partial charge in [-0.3, -0.25) is 19.2 Å². The molecule has 0 bridgehead atoms. The number of nitrogens with zero attached hydrogens (tertiary/aromatic N) is 10. The van der Waals surface area contributed by atoms with Crippen molar-refractivity contribution in [2.24, 2.45) is 4.52 Å². The second-order valence-corrected chi connectivity index (χ2v) is 23.4. The van der Waals surface area contributed by atoms with Crippen molar-refractivity contribution in [1.82, 2.24) is 19.8 Å². The zero-order valence-electron chi connectivity index (χ0n) is 52.7. The summed E-state index contributed by atoms with van der Waals surface area (Å²) in [4.78, 5) is 79.5. The third-order valence-corrected chi connectivity index (χ3v) is 16.6. The second kappa shape index (κ2) is 36.3. The van der Waals surface area contributed by atoms with Gasteiger partial charge in [0.15, 0.2) is 0 Å². The molecule has 0 spiro atoms. The van der Waals surface area contributed by atoms with Gasteiger partial charge in [-0.05, 0) is 135 Å². The Bertz CT molecular complexity index is 4190. The van der Waals surface area contributed by atoms with Crippen LogP contribution in [-0.2, 0) is 79.4 Å². The number of azide groups is 1. The number of hydrogen-bond acceptors (Lipinski definition) is 14. The summed E-state index contributed by atoms with van der Waals surface area (Å²) in [6.45, 7) is 12.6. The Morgan fingerprint density at radius 2 is 1.18 bits per heavy atom. The van der Waals surface area contributed by atoms with E-state index in [1.165, 1.54) is 51.3 Å². The van der Waals surface area contributed by atoms with Gasteiger partial charge < -0.3 is 39.6 Å². The van der Waals surface area contributed by atoms with Crippen molar-refractivity contribution in [3.05, 3.63) is 223 Å². The van der Waals surface area contributed by atoms with Crippen molar-refractivity contribution < 1.29 is 87.2 Å². The maximum atomic E-state index is 13.7. The van der Waals surface area contributed by atoms with Crippen LogP contribution in [0.25, 0.3) is 16.0 Å². The van der Waals surface area contributed by atoms with Crippen LogP contribution in [0.5, 0.6) is 11.8 Å². The number of rotatable bonds is 17. The molecule has 2 radical (unpaired) electrons. The number of benzene rings is 5. The predicted octanol–water partition coefficient (Wildman–Crippen LogP) is 12.0. The van der Waals surface area contributed by atoms with Gasteiger partial charge in [0, 0.05) is 114 Å². The normalized spacial score (nSPS) is 11.8. The molecule has 9 rings (SSSR count). The molecule has 2 aliphatic rings. The number of esters is 2. The minimum atomic E-state index is -3.96. The number of halogens is 4. The number of aryl methyl sites for hydroxylation is 4. The number of amides is 3. The van der Waals surface area contributed by atoms with Gasteiger partial charge >= 0.3 is 17.7 Å². The first-order valence-electron chi connectivity index (χ1n) is 28.2. The Morgan fingerprint density at radius 3 is 1.60 bits per heavy atom. The van der Waals surface area contributed by atoms with Gasteiger partial charge in [-0.1, -0.05) is 107 Å². The molecule has 1 N–H and O–H groups in total. The Balaban J connectivity index is 0.000000307. The number of nitrogens with one attached hydrogen (secondary N) is 1. The first kappa shape index (κ1) is 75.5. The van der Waals surface area contributed by atoms with E-state index in [1.807, 2.05) is 100 Å². The van der Waals surface area contributed by atoms with Crippen molar-refractivity contribution in [3.8, 4) is 17.8 Å². The topological polar surface area (TPSA) is 310 Å². The van der Waals surface area contributed by atoms with Crippen LogP contribution >= 0.6 is 46.4 Å². The zero-order valence-corrected chi connectivity index (χ0v) is 59.7. The van der Waals surface area contributed by atoms with Gasteiger partial charge in [0.05, 0.1) is 71.4 Å². The SMILES string of the molecule is CC#N.CC(=O)Nc1ccc(S(=O)(=O)N=[N+]=[N-])cc1.COC(=O)C(=[N+]=[N-])c1cc(Cl)c2c(c1Cl)C(=O)N(Cc1c(C)cc(C)nc1OCc1ccccc1)CC2.COC(=O)Cc1cc(Cl)c2c(c1Cl)C(=O)N(Cc1c(C)cc(C)nc1OCc1ccccc1)CC2.[2H][B].[U]. The first-order valence-corrected chi connectivity index (χ1v) is 30.6. The van der Waals surface area contributed by atoms with E-state index in [2.05, 4.69) is 42.6 Å². The number of methoxy groups -OCH3 is 2. The van der Waals surface area contributed by atoms with Crippen LogP contribution in [0.4, 0.5) is 5.69 Å². The molecular formula is C64H62BCl4N11O11SU. The molecular weight excluding hydrogens is 1520 g/mol. The minimum absolute atomic E-state index is 0. The molecule has 3 amide bonds. The molecule has 5 aromatic carbocycles. The molecule has 2 aliphatic heterocycles. The van der Waals surface area contributed by atoms with Gasteiger partial charge in [-0.2, -0.15) is 10.1 Å². The van der Waals surface area contributed by atoms with Crippen LogP contribution in [0.15, 0.2) is 119 Å². The number of pyridine rings is 2. The fraction of sp³-hybridized carbons (Fsp3) is 0.266. The number of carbonyl (C=O) groups excluding carboxylic acids is 5. The average Bonchev–Trinajstić information content (AvgIpc) is 0.769. The number of nitriles is 1. The third kappa shape index (κ3) is 20.4. The maximum absolute atomic E-state index is 13.7. The van der Waals surface area contributed by atoms with Crippen molar-refractivity contribution in [2.75, 3.05) is 32.6 Å². The van der Waals surface area contributed by atoms with Crippen LogP contribution in [-0.4, -0.2) is 105 Å². The van der Waals surface area contributed by atoms with Gasteiger partial charge in [0.1, 0.15) is 13.2 Å². The van der Waals surface area contributed by atoms with Gasteiger partial charge in [-0.15, -0.1) is 0 Å². The van der Waals surface area contributed by atoms with Crippen LogP contribution < -0.4 is 14.8 Å². The minimum Gasteiger partial charge on any atom is -0.473 e. The molecule has 93 heavy (non-hydrogen) atoms. The standard InChI is InChI=1S/C27H24Cl2N4O4.C27H26Cl2N2O4.C8H8N4O3S.C2H3N.BH.U/c1-15-11-16(2)31-25(37-14-17-7-5-4-6-8-17)20(15)13-33-10-9-18-21(28)12-19(23(29)22(18)26(33)34)24(32-30)27(35)36-3;1-16-11-17(2)30-26(35-15-18-7-5-4-6-8-18)21(16)14-31-10-9-20-22(28)12-19(13-23(32)34-3)25(29)24(20)27(31)33;1-6(13)10-7-2-4-8(5-3-7)16(14,15)12-11-9;1-2-3;;/h4-8,11-12H,9-10,13-14H2,1-3H3;4-8,11-12H,9-10,13-15H2,1-3H3;2-5H,1H3,(H,10,13);1H3;1H;/i;;;;1D;. The van der Waals surface area contributed by atoms with Crippen molar-refractivity contribution >= 4 is 106 Å². The van der Waals surface area contributed by atoms with Crippen molar-refractivity contribution in [1.29, 1.82) is 6.60 Å². The summed E-state index contributed by atoms with van der Waals surface area (Å²) in [5.41, 5.74) is 26.9. The Labute approximate surface area is 585 Å². The molecule has 0 saturated carbocycles. The summed E-state index contributed by atoms with van der Waals surface area (Å²) in [7, 11) is 2.24. The van der Waals surface area contributed by atoms with Gasteiger partial charge in [0.2, 0.25) is 17.7 Å². The molecule has 0 unspecified atom stereocenters. The molecule has 0 aliphatic carbocycles. The van der Waals surface area contributed by atoms with E-state index in [4.69, 9.17) is 72.7 Å². The van der Waals surface area contributed by atoms with Crippen molar-refractivity contribution in [2.45, 2.75) is 92.0 Å². The number of hydrogen-bond donors (Lipinski definition) is 1.